The van der Waals surface area contributed by atoms with Crippen molar-refractivity contribution >= 4 is 21.3 Å². The summed E-state index contributed by atoms with van der Waals surface area (Å²) in [6, 6.07) is 3.95. The number of alkyl halides is 3. The highest BCUT2D eigenvalue weighted by Crippen LogP contribution is 2.30. The second-order valence-electron chi connectivity index (χ2n) is 7.50. The number of carbonyl (C=O) groups is 1. The maximum absolute atomic E-state index is 13.7. The van der Waals surface area contributed by atoms with Gasteiger partial charge in [-0.05, 0) is 44.2 Å². The minimum Gasteiger partial charge on any atom is -0.342 e. The molecule has 3 aromatic rings. The molecule has 3 rings (SSSR count). The number of nitrogens with one attached hydrogen (secondary N) is 1. The minimum atomic E-state index is -4.80. The van der Waals surface area contributed by atoms with Gasteiger partial charge in [0.05, 0.1) is 23.5 Å². The van der Waals surface area contributed by atoms with Gasteiger partial charge < -0.3 is 5.32 Å². The number of nitrogens with zero attached hydrogens (tertiary/aromatic N) is 5. The van der Waals surface area contributed by atoms with Gasteiger partial charge in [-0.25, -0.2) is 18.6 Å². The molecule has 0 saturated heterocycles. The van der Waals surface area contributed by atoms with Gasteiger partial charge in [0.1, 0.15) is 11.6 Å². The van der Waals surface area contributed by atoms with Gasteiger partial charge in [-0.3, -0.25) is 4.79 Å². The first-order chi connectivity index (χ1) is 15.2. The second-order valence-corrected chi connectivity index (χ2v) is 10.0. The van der Waals surface area contributed by atoms with Crippen molar-refractivity contribution in [2.45, 2.75) is 26.1 Å². The van der Waals surface area contributed by atoms with Crippen molar-refractivity contribution in [3.8, 4) is 5.82 Å². The Labute approximate surface area is 187 Å². The van der Waals surface area contributed by atoms with Gasteiger partial charge in [0.25, 0.3) is 5.91 Å². The zero-order chi connectivity index (χ0) is 24.6. The molecule has 0 saturated carbocycles. The van der Waals surface area contributed by atoms with Crippen LogP contribution >= 0.6 is 0 Å². The van der Waals surface area contributed by atoms with Crippen LogP contribution in [0.1, 0.15) is 40.5 Å². The third-order valence-electron chi connectivity index (χ3n) is 4.23. The number of aryl methyl sites for hydroxylation is 1. The van der Waals surface area contributed by atoms with Crippen LogP contribution in [0, 0.1) is 12.7 Å². The number of hydrogen-bond acceptors (Lipinski definition) is 6. The number of hydrogen-bond donors (Lipinski definition) is 1. The molecule has 1 atom stereocenters. The second kappa shape index (κ2) is 8.89. The van der Waals surface area contributed by atoms with E-state index in [9.17, 15) is 26.6 Å². The molecule has 176 valence electrons. The Morgan fingerprint density at radius 2 is 1.91 bits per heavy atom. The van der Waals surface area contributed by atoms with Gasteiger partial charge in [0.2, 0.25) is 0 Å². The van der Waals surface area contributed by atoms with E-state index >= 15 is 0 Å². The van der Waals surface area contributed by atoms with Crippen molar-refractivity contribution in [1.29, 1.82) is 0 Å². The largest absolute Gasteiger partial charge is 0.416 e. The number of rotatable bonds is 5. The molecule has 8 nitrogen and oxygen atoms in total. The van der Waals surface area contributed by atoms with Gasteiger partial charge in [0.15, 0.2) is 11.6 Å². The molecule has 0 fully saturated rings. The number of pyridine rings is 1. The zero-order valence-corrected chi connectivity index (χ0v) is 18.8. The van der Waals surface area contributed by atoms with E-state index in [1.165, 1.54) is 23.4 Å². The van der Waals surface area contributed by atoms with E-state index in [0.717, 1.165) is 6.07 Å². The number of benzene rings is 1. The van der Waals surface area contributed by atoms with Crippen molar-refractivity contribution in [1.82, 2.24) is 25.1 Å². The Bertz CT molecular complexity index is 1300. The van der Waals surface area contributed by atoms with E-state index in [2.05, 4.69) is 24.7 Å². The summed E-state index contributed by atoms with van der Waals surface area (Å²) in [7, 11) is -2.37. The number of amides is 1. The highest BCUT2D eigenvalue weighted by Gasteiger charge is 2.32. The van der Waals surface area contributed by atoms with Crippen LogP contribution in [0.3, 0.4) is 0 Å². The fourth-order valence-electron chi connectivity index (χ4n) is 2.92. The Kier molecular flexibility index (Phi) is 6.54. The van der Waals surface area contributed by atoms with Crippen molar-refractivity contribution in [3.63, 3.8) is 0 Å². The summed E-state index contributed by atoms with van der Waals surface area (Å²) in [6.07, 6.45) is -0.425. The molecule has 0 aliphatic heterocycles. The molecular formula is C20H20F4N6O2S. The van der Waals surface area contributed by atoms with Crippen molar-refractivity contribution in [2.24, 2.45) is 4.36 Å². The van der Waals surface area contributed by atoms with E-state index < -0.39 is 44.8 Å². The summed E-state index contributed by atoms with van der Waals surface area (Å²) in [5.41, 5.74) is -1.35. The summed E-state index contributed by atoms with van der Waals surface area (Å²) in [5, 5.41) is 6.75. The third-order valence-corrected chi connectivity index (χ3v) is 4.89. The van der Waals surface area contributed by atoms with Crippen LogP contribution in [0.2, 0.25) is 0 Å². The Morgan fingerprint density at radius 3 is 2.48 bits per heavy atom. The predicted octanol–water partition coefficient (Wildman–Crippen LogP) is 3.98. The van der Waals surface area contributed by atoms with E-state index in [-0.39, 0.29) is 5.82 Å². The monoisotopic (exact) mass is 484 g/mol. The topological polar surface area (TPSA) is 102 Å². The highest BCUT2D eigenvalue weighted by atomic mass is 32.2. The Hall–Kier alpha value is -3.35. The smallest absolute Gasteiger partial charge is 0.342 e. The maximum atomic E-state index is 13.7. The molecular weight excluding hydrogens is 464 g/mol. The first-order valence-electron chi connectivity index (χ1n) is 9.49. The molecule has 0 unspecified atom stereocenters. The molecule has 0 spiro atoms. The molecule has 13 heteroatoms. The molecule has 0 aliphatic carbocycles. The molecule has 1 amide bonds. The van der Waals surface area contributed by atoms with Gasteiger partial charge in [-0.15, -0.1) is 5.10 Å². The Morgan fingerprint density at radius 1 is 1.21 bits per heavy atom. The lowest BCUT2D eigenvalue weighted by Crippen LogP contribution is -2.29. The average Bonchev–Trinajstić information content (AvgIpc) is 3.08. The van der Waals surface area contributed by atoms with Crippen molar-refractivity contribution < 1.29 is 26.6 Å². The molecule has 1 aromatic carbocycles. The highest BCUT2D eigenvalue weighted by molar-refractivity contribution is 7.92. The summed E-state index contributed by atoms with van der Waals surface area (Å²) in [6.45, 7) is 3.17. The molecule has 2 aromatic heterocycles. The summed E-state index contributed by atoms with van der Waals surface area (Å²) < 4.78 is 69.7. The van der Waals surface area contributed by atoms with Gasteiger partial charge >= 0.3 is 6.18 Å². The minimum absolute atomic E-state index is 0.250. The zero-order valence-electron chi connectivity index (χ0n) is 18.0. The predicted molar refractivity (Wildman–Crippen MR) is 113 cm³/mol. The molecule has 33 heavy (non-hydrogen) atoms. The van der Waals surface area contributed by atoms with E-state index in [4.69, 9.17) is 0 Å². The summed E-state index contributed by atoms with van der Waals surface area (Å²) in [4.78, 5) is 21.0. The lowest BCUT2D eigenvalue weighted by Gasteiger charge is -2.15. The molecule has 0 aliphatic rings. The van der Waals surface area contributed by atoms with Crippen LogP contribution in [0.25, 0.3) is 5.82 Å². The van der Waals surface area contributed by atoms with Gasteiger partial charge in [-0.1, -0.05) is 0 Å². The first-order valence-corrected chi connectivity index (χ1v) is 11.8. The van der Waals surface area contributed by atoms with Crippen molar-refractivity contribution in [3.05, 3.63) is 65.1 Å². The fourth-order valence-corrected chi connectivity index (χ4v) is 3.54. The lowest BCUT2D eigenvalue weighted by molar-refractivity contribution is -0.137. The SMILES string of the molecule is Cc1nc([C@H](C)NC(=O)c2cc(F)cc(C(F)(F)F)c2)n(-c2ccc(N=S(C)(C)=O)cn2)n1. The first kappa shape index (κ1) is 24.3. The van der Waals surface area contributed by atoms with E-state index in [0.29, 0.717) is 29.5 Å². The molecule has 0 radical (unpaired) electrons. The van der Waals surface area contributed by atoms with Gasteiger partial charge in [0, 0.05) is 27.8 Å². The number of aromatic nitrogens is 4. The van der Waals surface area contributed by atoms with Gasteiger partial charge in [-0.2, -0.15) is 22.2 Å². The Balaban J connectivity index is 1.88. The van der Waals surface area contributed by atoms with Crippen LogP contribution in [-0.4, -0.2) is 42.4 Å². The van der Waals surface area contributed by atoms with Crippen LogP contribution < -0.4 is 5.32 Å². The molecule has 0 bridgehead atoms. The van der Waals surface area contributed by atoms with E-state index in [1.54, 1.807) is 26.0 Å². The van der Waals surface area contributed by atoms with E-state index in [1.807, 2.05) is 0 Å². The molecule has 1 N–H and O–H groups in total. The third kappa shape index (κ3) is 6.12. The summed E-state index contributed by atoms with van der Waals surface area (Å²) >= 11 is 0. The van der Waals surface area contributed by atoms with Crippen molar-refractivity contribution in [2.75, 3.05) is 12.5 Å². The number of carbonyl (C=O) groups excluding carboxylic acids is 1. The fraction of sp³-hybridized carbons (Fsp3) is 0.300. The standard InChI is InChI=1S/C20H20F4N6O2S/c1-11(26-19(31)13-7-14(20(22,23)24)9-15(21)8-13)18-27-12(2)28-30(18)17-6-5-16(10-25-17)29-33(3,4)32/h5-11H,1-4H3,(H,26,31)/t11-/m0/s1. The average molecular weight is 484 g/mol. The summed E-state index contributed by atoms with van der Waals surface area (Å²) in [5.74, 6) is -1.16. The van der Waals surface area contributed by atoms with Crippen LogP contribution in [0.5, 0.6) is 0 Å². The number of halogens is 4. The van der Waals surface area contributed by atoms with Crippen LogP contribution in [0.15, 0.2) is 40.9 Å². The maximum Gasteiger partial charge on any atom is 0.416 e. The lowest BCUT2D eigenvalue weighted by atomic mass is 10.1. The normalized spacial score (nSPS) is 13.0. The van der Waals surface area contributed by atoms with Crippen LogP contribution in [-0.2, 0) is 15.9 Å². The van der Waals surface area contributed by atoms with Crippen LogP contribution in [0.4, 0.5) is 23.2 Å². The quantitative estimate of drug-likeness (QED) is 0.552. The molecule has 2 heterocycles.